The van der Waals surface area contributed by atoms with Gasteiger partial charge in [-0.3, -0.25) is 4.79 Å². The molecule has 1 fully saturated rings. The van der Waals surface area contributed by atoms with Crippen LogP contribution in [0.2, 0.25) is 0 Å². The molecule has 82 valence electrons. The molecule has 1 saturated carbocycles. The molecule has 0 aromatic heterocycles. The van der Waals surface area contributed by atoms with Crippen LogP contribution in [-0.4, -0.2) is 39.4 Å². The van der Waals surface area contributed by atoms with Gasteiger partial charge in [0, 0.05) is 13.7 Å². The lowest BCUT2D eigenvalue weighted by Gasteiger charge is -2.09. The third-order valence-electron chi connectivity index (χ3n) is 2.48. The molecule has 0 aliphatic heterocycles. The van der Waals surface area contributed by atoms with Gasteiger partial charge in [-0.25, -0.2) is 0 Å². The van der Waals surface area contributed by atoms with E-state index in [0.717, 1.165) is 6.54 Å². The summed E-state index contributed by atoms with van der Waals surface area (Å²) in [7, 11) is 1.61. The van der Waals surface area contributed by atoms with E-state index in [1.807, 2.05) is 0 Å². The molecule has 0 heterocycles. The van der Waals surface area contributed by atoms with Gasteiger partial charge in [0.25, 0.3) is 0 Å². The van der Waals surface area contributed by atoms with Gasteiger partial charge < -0.3 is 14.8 Å². The quantitative estimate of drug-likeness (QED) is 0.612. The highest BCUT2D eigenvalue weighted by molar-refractivity contribution is 5.77. The van der Waals surface area contributed by atoms with E-state index in [1.165, 1.54) is 12.8 Å². The molecule has 14 heavy (non-hydrogen) atoms. The Bertz CT molecular complexity index is 190. The fourth-order valence-electron chi connectivity index (χ4n) is 1.06. The van der Waals surface area contributed by atoms with Crippen molar-refractivity contribution in [2.45, 2.75) is 19.8 Å². The molecule has 1 N–H and O–H groups in total. The minimum atomic E-state index is -0.0331. The first kappa shape index (κ1) is 11.5. The van der Waals surface area contributed by atoms with Gasteiger partial charge in [0.05, 0.1) is 13.2 Å². The summed E-state index contributed by atoms with van der Waals surface area (Å²) < 4.78 is 9.88. The van der Waals surface area contributed by atoms with E-state index < -0.39 is 0 Å². The fourth-order valence-corrected chi connectivity index (χ4v) is 1.06. The van der Waals surface area contributed by atoms with Crippen molar-refractivity contribution in [3.8, 4) is 0 Å². The van der Waals surface area contributed by atoms with Crippen LogP contribution in [0.25, 0.3) is 0 Å². The molecule has 0 radical (unpaired) electrons. The van der Waals surface area contributed by atoms with Gasteiger partial charge in [0.15, 0.2) is 0 Å². The van der Waals surface area contributed by atoms with Crippen molar-refractivity contribution in [1.29, 1.82) is 0 Å². The Morgan fingerprint density at radius 2 is 2.14 bits per heavy atom. The number of methoxy groups -OCH3 is 1. The topological polar surface area (TPSA) is 47.6 Å². The van der Waals surface area contributed by atoms with Gasteiger partial charge in [-0.05, 0) is 18.3 Å². The van der Waals surface area contributed by atoms with Crippen molar-refractivity contribution in [2.75, 3.05) is 33.5 Å². The minimum absolute atomic E-state index is 0.0331. The number of carbonyl (C=O) groups excluding carboxylic acids is 1. The zero-order valence-electron chi connectivity index (χ0n) is 8.97. The van der Waals surface area contributed by atoms with Gasteiger partial charge in [0.2, 0.25) is 5.91 Å². The number of nitrogens with one attached hydrogen (secondary N) is 1. The van der Waals surface area contributed by atoms with E-state index >= 15 is 0 Å². The first-order valence-electron chi connectivity index (χ1n) is 5.00. The number of rotatable bonds is 7. The highest BCUT2D eigenvalue weighted by Crippen LogP contribution is 2.43. The summed E-state index contributed by atoms with van der Waals surface area (Å²) in [5, 5.41) is 2.86. The Balaban J connectivity index is 1.93. The first-order valence-corrected chi connectivity index (χ1v) is 5.00. The van der Waals surface area contributed by atoms with Crippen molar-refractivity contribution in [3.05, 3.63) is 0 Å². The van der Waals surface area contributed by atoms with Crippen LogP contribution in [0, 0.1) is 5.41 Å². The number of ether oxygens (including phenoxy) is 2. The Hall–Kier alpha value is -0.610. The number of hydrogen-bond donors (Lipinski definition) is 1. The molecule has 0 unspecified atom stereocenters. The third-order valence-corrected chi connectivity index (χ3v) is 2.48. The normalized spacial score (nSPS) is 17.9. The summed E-state index contributed by atoms with van der Waals surface area (Å²) in [6.07, 6.45) is 2.44. The molecular weight excluding hydrogens is 182 g/mol. The van der Waals surface area contributed by atoms with Gasteiger partial charge in [-0.15, -0.1) is 0 Å². The Labute approximate surface area is 85.0 Å². The summed E-state index contributed by atoms with van der Waals surface area (Å²) in [5.74, 6) is -0.0331. The largest absolute Gasteiger partial charge is 0.382 e. The summed E-state index contributed by atoms with van der Waals surface area (Å²) in [4.78, 5) is 11.2. The Kier molecular flexibility index (Phi) is 4.35. The second-order valence-corrected chi connectivity index (χ2v) is 4.13. The van der Waals surface area contributed by atoms with Crippen LogP contribution in [0.5, 0.6) is 0 Å². The predicted octanol–water partition coefficient (Wildman–Crippen LogP) is 0.566. The smallest absolute Gasteiger partial charge is 0.246 e. The van der Waals surface area contributed by atoms with Crippen molar-refractivity contribution in [1.82, 2.24) is 5.32 Å². The SMILES string of the molecule is COCCOCC(=O)NCC1(C)CC1. The van der Waals surface area contributed by atoms with E-state index in [0.29, 0.717) is 18.6 Å². The summed E-state index contributed by atoms with van der Waals surface area (Å²) in [5.41, 5.74) is 0.363. The molecule has 4 nitrogen and oxygen atoms in total. The zero-order valence-corrected chi connectivity index (χ0v) is 8.97. The van der Waals surface area contributed by atoms with E-state index in [1.54, 1.807) is 7.11 Å². The molecule has 1 amide bonds. The lowest BCUT2D eigenvalue weighted by molar-refractivity contribution is -0.126. The average molecular weight is 201 g/mol. The maximum absolute atomic E-state index is 11.2. The number of hydrogen-bond acceptors (Lipinski definition) is 3. The van der Waals surface area contributed by atoms with Crippen molar-refractivity contribution >= 4 is 5.91 Å². The second-order valence-electron chi connectivity index (χ2n) is 4.13. The maximum Gasteiger partial charge on any atom is 0.246 e. The Morgan fingerprint density at radius 1 is 1.43 bits per heavy atom. The average Bonchev–Trinajstić information content (AvgIpc) is 2.89. The summed E-state index contributed by atoms with van der Waals surface area (Å²) in [6, 6.07) is 0. The van der Waals surface area contributed by atoms with E-state index in [2.05, 4.69) is 12.2 Å². The van der Waals surface area contributed by atoms with Gasteiger partial charge >= 0.3 is 0 Å². The lowest BCUT2D eigenvalue weighted by atomic mass is 10.1. The van der Waals surface area contributed by atoms with Gasteiger partial charge in [0.1, 0.15) is 6.61 Å². The molecule has 0 spiro atoms. The molecule has 1 rings (SSSR count). The van der Waals surface area contributed by atoms with Crippen molar-refractivity contribution < 1.29 is 14.3 Å². The van der Waals surface area contributed by atoms with Gasteiger partial charge in [-0.2, -0.15) is 0 Å². The highest BCUT2D eigenvalue weighted by Gasteiger charge is 2.37. The molecule has 0 bridgehead atoms. The lowest BCUT2D eigenvalue weighted by Crippen LogP contribution is -2.32. The standard InChI is InChI=1S/C10H19NO3/c1-10(3-4-10)8-11-9(12)7-14-6-5-13-2/h3-8H2,1-2H3,(H,11,12). The summed E-state index contributed by atoms with van der Waals surface area (Å²) >= 11 is 0. The number of amides is 1. The predicted molar refractivity (Wildman–Crippen MR) is 53.0 cm³/mol. The van der Waals surface area contributed by atoms with Crippen LogP contribution in [0.3, 0.4) is 0 Å². The van der Waals surface area contributed by atoms with Crippen LogP contribution in [-0.2, 0) is 14.3 Å². The highest BCUT2D eigenvalue weighted by atomic mass is 16.5. The van der Waals surface area contributed by atoms with Crippen molar-refractivity contribution in [2.24, 2.45) is 5.41 Å². The summed E-state index contributed by atoms with van der Waals surface area (Å²) in [6.45, 7) is 4.10. The molecular formula is C10H19NO3. The molecule has 0 aromatic rings. The third kappa shape index (κ3) is 4.58. The van der Waals surface area contributed by atoms with Crippen LogP contribution in [0.15, 0.2) is 0 Å². The zero-order chi connectivity index (χ0) is 10.4. The van der Waals surface area contributed by atoms with Crippen LogP contribution in [0.1, 0.15) is 19.8 Å². The monoisotopic (exact) mass is 201 g/mol. The molecule has 0 aromatic carbocycles. The fraction of sp³-hybridized carbons (Fsp3) is 0.900. The van der Waals surface area contributed by atoms with Crippen LogP contribution < -0.4 is 5.32 Å². The van der Waals surface area contributed by atoms with Crippen LogP contribution in [0.4, 0.5) is 0 Å². The Morgan fingerprint density at radius 3 is 2.71 bits per heavy atom. The molecule has 0 saturated heterocycles. The van der Waals surface area contributed by atoms with E-state index in [4.69, 9.17) is 9.47 Å². The van der Waals surface area contributed by atoms with Crippen molar-refractivity contribution in [3.63, 3.8) is 0 Å². The van der Waals surface area contributed by atoms with Gasteiger partial charge in [-0.1, -0.05) is 6.92 Å². The van der Waals surface area contributed by atoms with Crippen LogP contribution >= 0.6 is 0 Å². The number of carbonyl (C=O) groups is 1. The minimum Gasteiger partial charge on any atom is -0.382 e. The van der Waals surface area contributed by atoms with E-state index in [-0.39, 0.29) is 12.5 Å². The maximum atomic E-state index is 11.2. The molecule has 1 aliphatic carbocycles. The molecule has 4 heteroatoms. The molecule has 1 aliphatic rings. The second kappa shape index (κ2) is 5.32. The van der Waals surface area contributed by atoms with E-state index in [9.17, 15) is 4.79 Å². The first-order chi connectivity index (χ1) is 6.66. The molecule has 0 atom stereocenters.